The van der Waals surface area contributed by atoms with Gasteiger partial charge < -0.3 is 16.2 Å². The Balaban J connectivity index is 3.28. The maximum atomic E-state index is 11.2. The fraction of sp³-hybridized carbons (Fsp3) is 0.222. The van der Waals surface area contributed by atoms with E-state index in [1.807, 2.05) is 0 Å². The van der Waals surface area contributed by atoms with Gasteiger partial charge in [-0.1, -0.05) is 0 Å². The van der Waals surface area contributed by atoms with E-state index in [0.29, 0.717) is 16.9 Å². The van der Waals surface area contributed by atoms with Crippen LogP contribution in [0.3, 0.4) is 0 Å². The quantitative estimate of drug-likeness (QED) is 0.498. The summed E-state index contributed by atoms with van der Waals surface area (Å²) in [5, 5.41) is 0. The molecule has 0 aliphatic carbocycles. The molecule has 1 aromatic rings. The molecular formula is C9H12N2O2. The number of rotatable bonds is 1. The van der Waals surface area contributed by atoms with Crippen molar-refractivity contribution in [3.63, 3.8) is 0 Å². The van der Waals surface area contributed by atoms with Gasteiger partial charge in [0.25, 0.3) is 0 Å². The zero-order chi connectivity index (χ0) is 10.0. The number of anilines is 2. The van der Waals surface area contributed by atoms with Crippen LogP contribution in [0.4, 0.5) is 11.4 Å². The topological polar surface area (TPSA) is 78.3 Å². The number of carbonyl (C=O) groups excluding carboxylic acids is 1. The van der Waals surface area contributed by atoms with Crippen molar-refractivity contribution in [3.05, 3.63) is 23.3 Å². The molecule has 0 aliphatic rings. The average Bonchev–Trinajstić information content (AvgIpc) is 2.10. The minimum atomic E-state index is -0.465. The Kier molecular flexibility index (Phi) is 2.41. The molecule has 0 amide bonds. The Hall–Kier alpha value is -1.71. The smallest absolute Gasteiger partial charge is 0.340 e. The first-order valence-electron chi connectivity index (χ1n) is 3.80. The van der Waals surface area contributed by atoms with Gasteiger partial charge in [-0.2, -0.15) is 0 Å². The van der Waals surface area contributed by atoms with Crippen LogP contribution in [-0.2, 0) is 4.74 Å². The molecule has 0 saturated heterocycles. The zero-order valence-corrected chi connectivity index (χ0v) is 7.63. The lowest BCUT2D eigenvalue weighted by Crippen LogP contribution is -2.07. The lowest BCUT2D eigenvalue weighted by Gasteiger charge is -2.07. The van der Waals surface area contributed by atoms with Crippen molar-refractivity contribution in [1.29, 1.82) is 0 Å². The summed E-state index contributed by atoms with van der Waals surface area (Å²) < 4.78 is 4.55. The van der Waals surface area contributed by atoms with E-state index in [1.54, 1.807) is 13.0 Å². The fourth-order valence-corrected chi connectivity index (χ4v) is 1.11. The highest BCUT2D eigenvalue weighted by molar-refractivity contribution is 5.96. The van der Waals surface area contributed by atoms with Gasteiger partial charge in [0.1, 0.15) is 0 Å². The second-order valence-corrected chi connectivity index (χ2v) is 2.79. The Morgan fingerprint density at radius 1 is 1.38 bits per heavy atom. The number of nitrogens with two attached hydrogens (primary N) is 2. The summed E-state index contributed by atoms with van der Waals surface area (Å²) in [5.74, 6) is -0.465. The van der Waals surface area contributed by atoms with Crippen LogP contribution in [0.25, 0.3) is 0 Å². The van der Waals surface area contributed by atoms with Gasteiger partial charge in [-0.05, 0) is 24.6 Å². The highest BCUT2D eigenvalue weighted by Crippen LogP contribution is 2.21. The van der Waals surface area contributed by atoms with Crippen LogP contribution in [0.15, 0.2) is 12.1 Å². The molecule has 0 spiro atoms. The molecule has 4 heteroatoms. The lowest BCUT2D eigenvalue weighted by atomic mass is 10.1. The summed E-state index contributed by atoms with van der Waals surface area (Å²) in [6.07, 6.45) is 0. The fourth-order valence-electron chi connectivity index (χ4n) is 1.11. The number of carbonyl (C=O) groups is 1. The van der Waals surface area contributed by atoms with E-state index in [2.05, 4.69) is 4.74 Å². The normalized spacial score (nSPS) is 9.69. The van der Waals surface area contributed by atoms with Crippen molar-refractivity contribution >= 4 is 17.3 Å². The number of methoxy groups -OCH3 is 1. The predicted octanol–water partition coefficient (Wildman–Crippen LogP) is 0.946. The van der Waals surface area contributed by atoms with E-state index in [-0.39, 0.29) is 0 Å². The van der Waals surface area contributed by atoms with Crippen molar-refractivity contribution in [2.45, 2.75) is 6.92 Å². The molecule has 0 radical (unpaired) electrons. The molecule has 70 valence electrons. The van der Waals surface area contributed by atoms with Crippen LogP contribution >= 0.6 is 0 Å². The number of nitrogen functional groups attached to an aromatic ring is 2. The summed E-state index contributed by atoms with van der Waals surface area (Å²) in [6.45, 7) is 1.79. The third-order valence-corrected chi connectivity index (χ3v) is 1.81. The van der Waals surface area contributed by atoms with Crippen LogP contribution < -0.4 is 11.5 Å². The summed E-state index contributed by atoms with van der Waals surface area (Å²) in [4.78, 5) is 11.2. The highest BCUT2D eigenvalue weighted by Gasteiger charge is 2.11. The van der Waals surface area contributed by atoms with Gasteiger partial charge in [-0.25, -0.2) is 4.79 Å². The number of ether oxygens (including phenoxy) is 1. The van der Waals surface area contributed by atoms with Crippen LogP contribution in [0, 0.1) is 6.92 Å². The Morgan fingerprint density at radius 3 is 2.54 bits per heavy atom. The maximum absolute atomic E-state index is 11.2. The van der Waals surface area contributed by atoms with E-state index in [4.69, 9.17) is 11.5 Å². The van der Waals surface area contributed by atoms with Crippen LogP contribution in [-0.4, -0.2) is 13.1 Å². The lowest BCUT2D eigenvalue weighted by molar-refractivity contribution is 0.0602. The third-order valence-electron chi connectivity index (χ3n) is 1.81. The standard InChI is InChI=1S/C9H12N2O2/c1-5-3-6(10)4-7(8(5)11)9(12)13-2/h3-4H,10-11H2,1-2H3. The van der Waals surface area contributed by atoms with Crippen molar-refractivity contribution in [1.82, 2.24) is 0 Å². The first-order chi connectivity index (χ1) is 6.06. The number of hydrogen-bond donors (Lipinski definition) is 2. The van der Waals surface area contributed by atoms with Crippen molar-refractivity contribution in [2.75, 3.05) is 18.6 Å². The zero-order valence-electron chi connectivity index (χ0n) is 7.63. The molecular weight excluding hydrogens is 168 g/mol. The molecule has 4 N–H and O–H groups in total. The average molecular weight is 180 g/mol. The molecule has 0 unspecified atom stereocenters. The second kappa shape index (κ2) is 3.35. The molecule has 4 nitrogen and oxygen atoms in total. The summed E-state index contributed by atoms with van der Waals surface area (Å²) in [5.41, 5.74) is 13.3. The molecule has 0 aromatic heterocycles. The molecule has 0 aliphatic heterocycles. The molecule has 1 rings (SSSR count). The first kappa shape index (κ1) is 9.38. The SMILES string of the molecule is COC(=O)c1cc(N)cc(C)c1N. The third kappa shape index (κ3) is 1.72. The van der Waals surface area contributed by atoms with Crippen LogP contribution in [0.2, 0.25) is 0 Å². The minimum absolute atomic E-state index is 0.319. The number of esters is 1. The number of hydrogen-bond acceptors (Lipinski definition) is 4. The summed E-state index contributed by atoms with van der Waals surface area (Å²) in [7, 11) is 1.31. The molecule has 0 atom stereocenters. The van der Waals surface area contributed by atoms with E-state index in [1.165, 1.54) is 13.2 Å². The Bertz CT molecular complexity index is 348. The molecule has 13 heavy (non-hydrogen) atoms. The Morgan fingerprint density at radius 2 is 2.00 bits per heavy atom. The largest absolute Gasteiger partial charge is 0.465 e. The molecule has 0 fully saturated rings. The molecule has 0 saturated carbocycles. The van der Waals surface area contributed by atoms with Gasteiger partial charge in [0.05, 0.1) is 12.7 Å². The molecule has 1 aromatic carbocycles. The van der Waals surface area contributed by atoms with E-state index < -0.39 is 5.97 Å². The predicted molar refractivity (Wildman–Crippen MR) is 51.3 cm³/mol. The number of benzene rings is 1. The summed E-state index contributed by atoms with van der Waals surface area (Å²) >= 11 is 0. The van der Waals surface area contributed by atoms with E-state index in [9.17, 15) is 4.79 Å². The number of aryl methyl sites for hydroxylation is 1. The van der Waals surface area contributed by atoms with Crippen LogP contribution in [0.1, 0.15) is 15.9 Å². The van der Waals surface area contributed by atoms with Gasteiger partial charge in [0.2, 0.25) is 0 Å². The van der Waals surface area contributed by atoms with Gasteiger partial charge in [0.15, 0.2) is 0 Å². The van der Waals surface area contributed by atoms with Crippen LogP contribution in [0.5, 0.6) is 0 Å². The minimum Gasteiger partial charge on any atom is -0.465 e. The van der Waals surface area contributed by atoms with Crippen molar-refractivity contribution < 1.29 is 9.53 Å². The molecule has 0 heterocycles. The Labute approximate surface area is 76.5 Å². The van der Waals surface area contributed by atoms with Gasteiger partial charge in [-0.15, -0.1) is 0 Å². The first-order valence-corrected chi connectivity index (χ1v) is 3.80. The van der Waals surface area contributed by atoms with E-state index in [0.717, 1.165) is 5.56 Å². The maximum Gasteiger partial charge on any atom is 0.340 e. The highest BCUT2D eigenvalue weighted by atomic mass is 16.5. The monoisotopic (exact) mass is 180 g/mol. The van der Waals surface area contributed by atoms with Gasteiger partial charge in [-0.3, -0.25) is 0 Å². The second-order valence-electron chi connectivity index (χ2n) is 2.79. The summed E-state index contributed by atoms with van der Waals surface area (Å²) in [6, 6.07) is 3.22. The van der Waals surface area contributed by atoms with Gasteiger partial charge in [0, 0.05) is 11.4 Å². The van der Waals surface area contributed by atoms with Gasteiger partial charge >= 0.3 is 5.97 Å². The molecule has 0 bridgehead atoms. The van der Waals surface area contributed by atoms with Crippen molar-refractivity contribution in [3.8, 4) is 0 Å². The van der Waals surface area contributed by atoms with Crippen molar-refractivity contribution in [2.24, 2.45) is 0 Å². The van der Waals surface area contributed by atoms with E-state index >= 15 is 0 Å².